The van der Waals surface area contributed by atoms with Crippen molar-refractivity contribution < 1.29 is 48.9 Å². The first kappa shape index (κ1) is 26.3. The number of urea groups is 1. The first-order valence-electron chi connectivity index (χ1n) is 9.52. The van der Waals surface area contributed by atoms with Gasteiger partial charge in [-0.15, -0.1) is 0 Å². The smallest absolute Gasteiger partial charge is 0.342 e. The number of hydroxylamine groups is 2. The van der Waals surface area contributed by atoms with Gasteiger partial charge in [0.2, 0.25) is 0 Å². The molecule has 0 heterocycles. The van der Waals surface area contributed by atoms with Crippen molar-refractivity contribution in [1.29, 1.82) is 0 Å². The van der Waals surface area contributed by atoms with Gasteiger partial charge in [-0.2, -0.15) is 5.06 Å². The molecule has 2 atom stereocenters. The summed E-state index contributed by atoms with van der Waals surface area (Å²) < 4.78 is 12.9. The van der Waals surface area contributed by atoms with Gasteiger partial charge in [0.15, 0.2) is 6.04 Å². The van der Waals surface area contributed by atoms with E-state index in [0.29, 0.717) is 6.42 Å². The number of rotatable bonds is 13. The zero-order valence-electron chi connectivity index (χ0n) is 16.9. The number of amides is 3. The van der Waals surface area contributed by atoms with Crippen LogP contribution in [0.4, 0.5) is 9.18 Å². The van der Waals surface area contributed by atoms with Crippen LogP contribution >= 0.6 is 0 Å². The number of aliphatic carboxylic acids is 3. The van der Waals surface area contributed by atoms with E-state index in [4.69, 9.17) is 10.2 Å². The third-order valence-corrected chi connectivity index (χ3v) is 4.33. The standard InChI is InChI=1S/C19H24FN3O9/c20-12-6-4-11(5-7-12)16(26)21-10-2-1-3-14(18(29)30)23(32)19(31)22-13(17(27)28)8-9-15(24)25/h4-7,13-14,32H,1-3,8-10H2,(H,21,26)(H,22,31)(H,24,25)(H,27,28)(H,29,30)/t13-,14-/m0/s1. The topological polar surface area (TPSA) is 194 Å². The number of carbonyl (C=O) groups is 5. The van der Waals surface area contributed by atoms with E-state index >= 15 is 0 Å². The molecule has 0 unspecified atom stereocenters. The molecule has 32 heavy (non-hydrogen) atoms. The van der Waals surface area contributed by atoms with E-state index in [1.54, 1.807) is 0 Å². The molecule has 0 aliphatic carbocycles. The number of nitrogens with one attached hydrogen (secondary N) is 2. The molecule has 0 spiro atoms. The average Bonchev–Trinajstić information content (AvgIpc) is 2.72. The molecule has 1 aromatic rings. The lowest BCUT2D eigenvalue weighted by Gasteiger charge is -2.24. The zero-order valence-corrected chi connectivity index (χ0v) is 16.9. The van der Waals surface area contributed by atoms with Crippen LogP contribution in [0.15, 0.2) is 24.3 Å². The number of halogens is 1. The number of benzene rings is 1. The summed E-state index contributed by atoms with van der Waals surface area (Å²) >= 11 is 0. The number of hydrogen-bond donors (Lipinski definition) is 6. The van der Waals surface area contributed by atoms with Gasteiger partial charge >= 0.3 is 23.9 Å². The minimum absolute atomic E-state index is 0.149. The second-order valence-corrected chi connectivity index (χ2v) is 6.73. The summed E-state index contributed by atoms with van der Waals surface area (Å²) in [5.74, 6) is -5.33. The van der Waals surface area contributed by atoms with Gasteiger partial charge in [-0.05, 0) is 49.9 Å². The molecule has 0 aromatic heterocycles. The van der Waals surface area contributed by atoms with Crippen LogP contribution in [-0.4, -0.2) is 74.1 Å². The summed E-state index contributed by atoms with van der Waals surface area (Å²) in [6.07, 6.45) is -0.766. The van der Waals surface area contributed by atoms with Crippen LogP contribution in [0.3, 0.4) is 0 Å². The minimum Gasteiger partial charge on any atom is -0.481 e. The van der Waals surface area contributed by atoms with Crippen molar-refractivity contribution in [2.45, 2.75) is 44.2 Å². The van der Waals surface area contributed by atoms with Crippen LogP contribution in [0.1, 0.15) is 42.5 Å². The van der Waals surface area contributed by atoms with Crippen molar-refractivity contribution in [3.05, 3.63) is 35.6 Å². The highest BCUT2D eigenvalue weighted by molar-refractivity contribution is 5.94. The number of carbonyl (C=O) groups excluding carboxylic acids is 2. The van der Waals surface area contributed by atoms with Crippen LogP contribution in [0.25, 0.3) is 0 Å². The maximum atomic E-state index is 12.9. The Balaban J connectivity index is 2.51. The summed E-state index contributed by atoms with van der Waals surface area (Å²) in [6.45, 7) is 0.149. The summed E-state index contributed by atoms with van der Waals surface area (Å²) in [7, 11) is 0. The van der Waals surface area contributed by atoms with Gasteiger partial charge in [0.1, 0.15) is 11.9 Å². The quantitative estimate of drug-likeness (QED) is 0.142. The molecule has 0 fully saturated rings. The van der Waals surface area contributed by atoms with Crippen molar-refractivity contribution in [3.63, 3.8) is 0 Å². The number of carboxylic acids is 3. The highest BCUT2D eigenvalue weighted by Gasteiger charge is 2.31. The Morgan fingerprint density at radius 1 is 0.938 bits per heavy atom. The lowest BCUT2D eigenvalue weighted by atomic mass is 10.1. The Morgan fingerprint density at radius 3 is 2.09 bits per heavy atom. The highest BCUT2D eigenvalue weighted by atomic mass is 19.1. The molecule has 13 heteroatoms. The SMILES string of the molecule is O=C(O)CC[C@H](NC(=O)N(O)[C@@H](CCCCNC(=O)c1ccc(F)cc1)C(=O)O)C(=O)O. The lowest BCUT2D eigenvalue weighted by Crippen LogP contribution is -2.52. The van der Waals surface area contributed by atoms with Gasteiger partial charge in [0.05, 0.1) is 0 Å². The fourth-order valence-electron chi connectivity index (χ4n) is 2.60. The Bertz CT molecular complexity index is 832. The second-order valence-electron chi connectivity index (χ2n) is 6.73. The fraction of sp³-hybridized carbons (Fsp3) is 0.421. The molecule has 0 aliphatic rings. The lowest BCUT2D eigenvalue weighted by molar-refractivity contribution is -0.157. The Labute approximate surface area is 181 Å². The predicted octanol–water partition coefficient (Wildman–Crippen LogP) is 0.898. The molecule has 0 aliphatic heterocycles. The molecule has 1 aromatic carbocycles. The third kappa shape index (κ3) is 8.95. The molecule has 0 saturated heterocycles. The molecular weight excluding hydrogens is 433 g/mol. The van der Waals surface area contributed by atoms with Gasteiger partial charge in [-0.3, -0.25) is 14.8 Å². The molecule has 12 nitrogen and oxygen atoms in total. The Morgan fingerprint density at radius 2 is 1.56 bits per heavy atom. The van der Waals surface area contributed by atoms with Gasteiger partial charge in [0.25, 0.3) is 5.91 Å². The molecule has 0 bridgehead atoms. The first-order valence-corrected chi connectivity index (χ1v) is 9.52. The summed E-state index contributed by atoms with van der Waals surface area (Å²) in [4.78, 5) is 57.0. The van der Waals surface area contributed by atoms with E-state index in [2.05, 4.69) is 5.32 Å². The molecule has 6 N–H and O–H groups in total. The van der Waals surface area contributed by atoms with Gasteiger partial charge < -0.3 is 26.0 Å². The van der Waals surface area contributed by atoms with E-state index in [1.807, 2.05) is 5.32 Å². The summed E-state index contributed by atoms with van der Waals surface area (Å²) in [5, 5.41) is 41.1. The van der Waals surface area contributed by atoms with Gasteiger partial charge in [-0.25, -0.2) is 18.8 Å². The highest BCUT2D eigenvalue weighted by Crippen LogP contribution is 2.10. The van der Waals surface area contributed by atoms with E-state index < -0.39 is 60.6 Å². The third-order valence-electron chi connectivity index (χ3n) is 4.33. The largest absolute Gasteiger partial charge is 0.481 e. The van der Waals surface area contributed by atoms with Crippen LogP contribution in [-0.2, 0) is 14.4 Å². The van der Waals surface area contributed by atoms with Gasteiger partial charge in [-0.1, -0.05) is 0 Å². The summed E-state index contributed by atoms with van der Waals surface area (Å²) in [5.41, 5.74) is 0.240. The van der Waals surface area contributed by atoms with Crippen molar-refractivity contribution in [2.24, 2.45) is 0 Å². The average molecular weight is 457 g/mol. The number of unbranched alkanes of at least 4 members (excludes halogenated alkanes) is 1. The predicted molar refractivity (Wildman–Crippen MR) is 104 cm³/mol. The zero-order chi connectivity index (χ0) is 24.3. The maximum Gasteiger partial charge on any atom is 0.342 e. The number of hydrogen-bond acceptors (Lipinski definition) is 6. The van der Waals surface area contributed by atoms with Crippen LogP contribution in [0, 0.1) is 5.82 Å². The second kappa shape index (κ2) is 12.8. The van der Waals surface area contributed by atoms with Crippen molar-refractivity contribution >= 4 is 29.8 Å². The monoisotopic (exact) mass is 457 g/mol. The van der Waals surface area contributed by atoms with Crippen LogP contribution in [0.2, 0.25) is 0 Å². The Kier molecular flexibility index (Phi) is 10.6. The summed E-state index contributed by atoms with van der Waals surface area (Å²) in [6, 6.07) is 0.122. The molecule has 1 rings (SSSR count). The molecule has 3 amide bonds. The molecular formula is C19H24FN3O9. The first-order chi connectivity index (χ1) is 15.0. The van der Waals surface area contributed by atoms with E-state index in [9.17, 15) is 38.7 Å². The molecule has 0 saturated carbocycles. The normalized spacial score (nSPS) is 12.3. The Hall–Kier alpha value is -3.74. The van der Waals surface area contributed by atoms with Crippen LogP contribution < -0.4 is 10.6 Å². The van der Waals surface area contributed by atoms with Crippen molar-refractivity contribution in [1.82, 2.24) is 15.7 Å². The van der Waals surface area contributed by atoms with Crippen molar-refractivity contribution in [2.75, 3.05) is 6.54 Å². The number of carboxylic acid groups (broad SMARTS) is 3. The molecule has 0 radical (unpaired) electrons. The van der Waals surface area contributed by atoms with E-state index in [0.717, 1.165) is 12.1 Å². The van der Waals surface area contributed by atoms with E-state index in [1.165, 1.54) is 12.1 Å². The fourth-order valence-corrected chi connectivity index (χ4v) is 2.60. The maximum absolute atomic E-state index is 12.9. The van der Waals surface area contributed by atoms with Crippen molar-refractivity contribution in [3.8, 4) is 0 Å². The molecule has 176 valence electrons. The van der Waals surface area contributed by atoms with Crippen LogP contribution in [0.5, 0.6) is 0 Å². The number of nitrogens with zero attached hydrogens (tertiary/aromatic N) is 1. The minimum atomic E-state index is -1.70. The van der Waals surface area contributed by atoms with Gasteiger partial charge in [0, 0.05) is 18.5 Å². The van der Waals surface area contributed by atoms with E-state index in [-0.39, 0.29) is 30.0 Å².